The summed E-state index contributed by atoms with van der Waals surface area (Å²) in [5.74, 6) is -0.599. The van der Waals surface area contributed by atoms with E-state index in [-0.39, 0.29) is 93.3 Å². The van der Waals surface area contributed by atoms with Crippen molar-refractivity contribution in [1.29, 1.82) is 0 Å². The standard InChI is InChI=1S/C55H70N23O26P5S5/c1-20-8-74(53(82)69-40(20)56)49-37-39(55(99-49,22(3)94-37)13-92-109(87,114)103-38-36-50(98-54(38,12-79)21(2)93-36)78-19-66-33-42(58)62-15-64-44(33)78)104-108(86,113)91-11-28-25(7-31(97-28)77-18-68-35-46(77)71-52(60)73-48(35)81)102-107(85,112)90-10-27-24(6-29(95-27)75-16-65-32-41(57)61-14-63-43(32)75)101-106(84,111)89-9-26-23(100-105(83,110)88-4)5-30(96-26)76-17-67-34-45(76)70-51(59)72-47(34)80/h8,14-19,21-31,36-39,49-50,79H,5-7,9-13H2,1-4H3,(H,83,110)(H,84,111)(H,85,112)(H,86,113)(H,87,114)(H2,56,69,82)(H2,57,61,63)(H2,58,62,64)(H3,59,70,72,80)(H3,60,71,73,81)/p-5/t21-,22-,23+,24+,25+,26+,27+,28+,29+,30+,31+,36?,37?,38+,39+,49+,50+,54-,55-,105?,106?,107?,108?,109?/m0/s1. The van der Waals surface area contributed by atoms with Crippen LogP contribution >= 0.6 is 33.7 Å². The second-order valence-corrected chi connectivity index (χ2v) is 40.6. The molecule has 9 aromatic rings. The predicted molar refractivity (Wildman–Crippen MR) is 397 cm³/mol. The normalized spacial score (nSPS) is 32.7. The number of ether oxygens (including phenoxy) is 7. The average molecular weight is 1780 g/mol. The number of nitrogens with two attached hydrogens (primary N) is 5. The van der Waals surface area contributed by atoms with E-state index < -0.39 is 199 Å². The van der Waals surface area contributed by atoms with Crippen molar-refractivity contribution >= 4 is 167 Å². The first-order valence-electron chi connectivity index (χ1n) is 34.0. The van der Waals surface area contributed by atoms with E-state index in [2.05, 4.69) is 64.8 Å². The molecule has 114 heavy (non-hydrogen) atoms. The number of aliphatic hydroxyl groups excluding tert-OH is 1. The van der Waals surface area contributed by atoms with Gasteiger partial charge in [-0.1, -0.05) is 47.2 Å². The van der Waals surface area contributed by atoms with Gasteiger partial charge in [-0.05, 0) is 20.8 Å². The van der Waals surface area contributed by atoms with Crippen LogP contribution in [0.3, 0.4) is 0 Å². The van der Waals surface area contributed by atoms with Gasteiger partial charge in [-0.3, -0.25) is 47.0 Å². The summed E-state index contributed by atoms with van der Waals surface area (Å²) in [6.45, 7) is -23.1. The molecular formula is C55H65N23O26P5S5-5. The maximum absolute atomic E-state index is 15.1. The third-order valence-corrected chi connectivity index (χ3v) is 28.0. The Bertz CT molecular complexity index is 5720. The molecule has 4 bridgehead atoms. The number of fused-ring (bicyclic) bond motifs is 8. The molecule has 7 unspecified atom stereocenters. The zero-order valence-corrected chi connectivity index (χ0v) is 67.5. The van der Waals surface area contributed by atoms with Crippen LogP contribution in [0.15, 0.2) is 58.5 Å². The Hall–Kier alpha value is -6.02. The maximum Gasteiger partial charge on any atom is 0.351 e. The van der Waals surface area contributed by atoms with Crippen molar-refractivity contribution < 1.29 is 108 Å². The lowest BCUT2D eigenvalue weighted by atomic mass is 9.94. The van der Waals surface area contributed by atoms with Gasteiger partial charge < -0.3 is 144 Å². The van der Waals surface area contributed by atoms with E-state index >= 15 is 4.89 Å². The minimum Gasteiger partial charge on any atom is -0.780 e. The van der Waals surface area contributed by atoms with Crippen LogP contribution in [0.5, 0.6) is 0 Å². The smallest absolute Gasteiger partial charge is 0.351 e. The molecule has 59 heteroatoms. The van der Waals surface area contributed by atoms with Gasteiger partial charge in [0.25, 0.3) is 11.1 Å². The SMILES string of the molecule is COP([O-])(=S)O[C@@H]1C[C@H](n2cnc3c(=O)[nH]c(N)nc32)O[C@@H]1COP(=O)([S-])O[C@@H]1C[C@H](n2cnc3c(N)ncnc32)O[C@@H]1COP([O-])(=S)O[C@@H]1C[C@H](n2cnc3c(=O)[nH]c(N)nc32)O[C@@H]1COP([O-])(=S)O[C@@H]1C2O[C@@H](C)[C@]1(COP([O-])(=S)O[C@@H]1C3O[C@@H](C)[C@]1(CO)O[C@H]3n1cnc3c(N)ncnc31)O[C@H]2n1cc(C)c(N)nc1=O. The molecular weight excluding hydrogens is 1710 g/mol. The fourth-order valence-corrected chi connectivity index (χ4v) is 21.4. The van der Waals surface area contributed by atoms with Crippen molar-refractivity contribution in [1.82, 2.24) is 87.6 Å². The molecule has 0 spiro atoms. The van der Waals surface area contributed by atoms with Gasteiger partial charge in [0, 0.05) is 38.1 Å². The van der Waals surface area contributed by atoms with Crippen LogP contribution in [0.1, 0.15) is 69.8 Å². The molecule has 0 saturated carbocycles. The lowest BCUT2D eigenvalue weighted by Crippen LogP contribution is -2.52. The largest absolute Gasteiger partial charge is 0.780 e. The van der Waals surface area contributed by atoms with Gasteiger partial charge in [0.1, 0.15) is 129 Å². The van der Waals surface area contributed by atoms with Crippen molar-refractivity contribution in [3.8, 4) is 0 Å². The quantitative estimate of drug-likeness (QED) is 0.0171. The first-order chi connectivity index (χ1) is 53.9. The summed E-state index contributed by atoms with van der Waals surface area (Å²) < 4.78 is 125. The lowest BCUT2D eigenvalue weighted by Gasteiger charge is -2.41. The molecule has 0 amide bonds. The fourth-order valence-electron chi connectivity index (χ4n) is 14.6. The molecule has 7 aliphatic rings. The zero-order valence-electron chi connectivity index (χ0n) is 59.0. The molecule has 7 saturated heterocycles. The first kappa shape index (κ1) is 81.7. The van der Waals surface area contributed by atoms with Crippen LogP contribution in [-0.4, -0.2) is 217 Å². The number of aryl methyl sites for hydroxylation is 1. The first-order valence-corrected chi connectivity index (χ1v) is 46.7. The monoisotopic (exact) mass is 1780 g/mol. The molecule has 16 rings (SSSR count). The number of nitrogen functional groups attached to an aromatic ring is 5. The Morgan fingerprint density at radius 1 is 0.544 bits per heavy atom. The minimum absolute atomic E-state index is 0.00870. The van der Waals surface area contributed by atoms with Crippen molar-refractivity contribution in [2.75, 3.05) is 68.8 Å². The summed E-state index contributed by atoms with van der Waals surface area (Å²) in [4.78, 5) is 148. The summed E-state index contributed by atoms with van der Waals surface area (Å²) >= 11 is 27.3. The van der Waals surface area contributed by atoms with Gasteiger partial charge in [0.2, 0.25) is 11.9 Å². The summed E-state index contributed by atoms with van der Waals surface area (Å²) in [6, 6.07) is 0. The highest BCUT2D eigenvalue weighted by molar-refractivity contribution is 8.32. The fraction of sp³-hybridized carbons (Fsp3) is 0.564. The Kier molecular flexibility index (Phi) is 22.0. The van der Waals surface area contributed by atoms with Crippen molar-refractivity contribution in [2.24, 2.45) is 0 Å². The molecule has 49 nitrogen and oxygen atoms in total. The number of aromatic amines is 2. The van der Waals surface area contributed by atoms with Gasteiger partial charge in [-0.2, -0.15) is 15.0 Å². The molecule has 0 aromatic carbocycles. The molecule has 24 atom stereocenters. The van der Waals surface area contributed by atoms with Crippen molar-refractivity contribution in [2.45, 2.75) is 156 Å². The number of hydrogen-bond donors (Lipinski definition) is 8. The van der Waals surface area contributed by atoms with Crippen molar-refractivity contribution in [3.63, 3.8) is 0 Å². The summed E-state index contributed by atoms with van der Waals surface area (Å²) in [5, 5.41) is 11.0. The Labute approximate surface area is 664 Å². The van der Waals surface area contributed by atoms with Gasteiger partial charge in [0.05, 0.1) is 88.9 Å². The number of rotatable bonds is 29. The van der Waals surface area contributed by atoms with E-state index in [1.807, 2.05) is 0 Å². The lowest BCUT2D eigenvalue weighted by molar-refractivity contribution is -0.242. The van der Waals surface area contributed by atoms with Crippen LogP contribution in [0.2, 0.25) is 0 Å². The van der Waals surface area contributed by atoms with Crippen LogP contribution < -0.4 is 65.1 Å². The number of aromatic nitrogens is 18. The highest BCUT2D eigenvalue weighted by Gasteiger charge is 2.70. The van der Waals surface area contributed by atoms with Gasteiger partial charge in [-0.25, -0.2) is 44.7 Å². The zero-order chi connectivity index (χ0) is 80.8. The number of anilines is 5. The summed E-state index contributed by atoms with van der Waals surface area (Å²) in [6.07, 6.45) is -14.0. The Morgan fingerprint density at radius 3 is 1.48 bits per heavy atom. The second-order valence-electron chi connectivity index (χ2n) is 26.9. The number of nitrogens with one attached hydrogen (secondary N) is 2. The number of nitrogens with zero attached hydrogens (tertiary/aromatic N) is 16. The van der Waals surface area contributed by atoms with Crippen LogP contribution in [0, 0.1) is 6.92 Å². The molecule has 616 valence electrons. The Morgan fingerprint density at radius 2 is 0.965 bits per heavy atom. The van der Waals surface area contributed by atoms with Gasteiger partial charge >= 0.3 is 5.69 Å². The van der Waals surface area contributed by atoms with E-state index in [9.17, 15) is 38.7 Å². The molecule has 7 fully saturated rings. The average Bonchev–Trinajstić information content (AvgIpc) is 1.55. The van der Waals surface area contributed by atoms with Crippen LogP contribution in [0.4, 0.5) is 29.4 Å². The summed E-state index contributed by atoms with van der Waals surface area (Å²) in [7, 11) is 1.06. The van der Waals surface area contributed by atoms with E-state index in [1.165, 1.54) is 69.4 Å². The highest BCUT2D eigenvalue weighted by Crippen LogP contribution is 2.61. The molecule has 9 aromatic heterocycles. The number of aliphatic hydroxyl groups is 1. The topological polar surface area (TPSA) is 666 Å². The molecule has 0 aliphatic carbocycles. The van der Waals surface area contributed by atoms with Crippen LogP contribution in [0.25, 0.3) is 44.7 Å². The molecule has 16 heterocycles. The highest BCUT2D eigenvalue weighted by atomic mass is 32.7. The maximum atomic E-state index is 15.1. The third kappa shape index (κ3) is 15.3. The van der Waals surface area contributed by atoms with Crippen LogP contribution in [-0.2, 0) is 142 Å². The molecule has 13 N–H and O–H groups in total. The second kappa shape index (κ2) is 30.7. The third-order valence-electron chi connectivity index (χ3n) is 20.2. The number of hydrogen-bond acceptors (Lipinski definition) is 47. The van der Waals surface area contributed by atoms with Gasteiger partial charge in [0.15, 0.2) is 64.5 Å². The van der Waals surface area contributed by atoms with E-state index in [0.29, 0.717) is 5.56 Å². The van der Waals surface area contributed by atoms with E-state index in [4.69, 9.17) is 167 Å². The molecule has 0 radical (unpaired) electrons. The Balaban J connectivity index is 0.642. The van der Waals surface area contributed by atoms with E-state index in [0.717, 1.165) is 11.7 Å². The van der Waals surface area contributed by atoms with E-state index in [1.54, 1.807) is 13.8 Å². The number of imidazole rings is 4. The van der Waals surface area contributed by atoms with Gasteiger partial charge in [-0.15, -0.1) is 0 Å². The predicted octanol–water partition coefficient (Wildman–Crippen LogP) is -2.99. The molecule has 7 aliphatic heterocycles. The van der Waals surface area contributed by atoms with Crippen molar-refractivity contribution in [3.05, 3.63) is 80.9 Å². The minimum atomic E-state index is -5.04. The number of H-pyrrole nitrogens is 2. The summed E-state index contributed by atoms with van der Waals surface area (Å²) in [5.41, 5.74) is 24.7.